The molecule has 2 heterocycles. The number of pyridine rings is 1. The van der Waals surface area contributed by atoms with Crippen molar-refractivity contribution in [2.45, 2.75) is 23.0 Å². The van der Waals surface area contributed by atoms with Crippen LogP contribution in [0.5, 0.6) is 0 Å². The highest BCUT2D eigenvalue weighted by Crippen LogP contribution is 2.32. The second-order valence-corrected chi connectivity index (χ2v) is 5.88. The third kappa shape index (κ3) is 2.44. The summed E-state index contributed by atoms with van der Waals surface area (Å²) in [6.07, 6.45) is 4.01. The molecule has 1 saturated heterocycles. The maximum atomic E-state index is 5.99. The lowest BCUT2D eigenvalue weighted by Crippen LogP contribution is -2.17. The zero-order valence-corrected chi connectivity index (χ0v) is 11.0. The molecular weight excluding hydrogens is 244 g/mol. The van der Waals surface area contributed by atoms with E-state index in [1.807, 2.05) is 23.9 Å². The van der Waals surface area contributed by atoms with E-state index in [4.69, 9.17) is 10.5 Å². The molecule has 0 aliphatic carbocycles. The van der Waals surface area contributed by atoms with Crippen LogP contribution in [-0.4, -0.2) is 23.4 Å². The molecule has 18 heavy (non-hydrogen) atoms. The highest BCUT2D eigenvalue weighted by molar-refractivity contribution is 8.00. The predicted octanol–water partition coefficient (Wildman–Crippen LogP) is 3.09. The number of hydrogen-bond acceptors (Lipinski definition) is 4. The van der Waals surface area contributed by atoms with Gasteiger partial charge in [0.15, 0.2) is 0 Å². The summed E-state index contributed by atoms with van der Waals surface area (Å²) >= 11 is 1.92. The molecule has 2 aromatic rings. The van der Waals surface area contributed by atoms with Gasteiger partial charge in [-0.05, 0) is 37.1 Å². The third-order valence-electron chi connectivity index (χ3n) is 3.22. The summed E-state index contributed by atoms with van der Waals surface area (Å²) in [6, 6.07) is 8.19. The van der Waals surface area contributed by atoms with E-state index < -0.39 is 0 Å². The summed E-state index contributed by atoms with van der Waals surface area (Å²) in [5, 5.41) is 1.71. The molecule has 94 valence electrons. The Morgan fingerprint density at radius 2 is 2.06 bits per heavy atom. The van der Waals surface area contributed by atoms with Gasteiger partial charge < -0.3 is 10.5 Å². The largest absolute Gasteiger partial charge is 0.398 e. The first-order valence-electron chi connectivity index (χ1n) is 6.21. The Bertz CT molecular complexity index is 552. The van der Waals surface area contributed by atoms with Crippen LogP contribution < -0.4 is 5.73 Å². The Labute approximate surface area is 111 Å². The van der Waals surface area contributed by atoms with E-state index in [9.17, 15) is 0 Å². The van der Waals surface area contributed by atoms with Crippen LogP contribution in [0, 0.1) is 0 Å². The predicted molar refractivity (Wildman–Crippen MR) is 75.9 cm³/mol. The lowest BCUT2D eigenvalue weighted by Gasteiger charge is -2.21. The van der Waals surface area contributed by atoms with Crippen molar-refractivity contribution in [3.8, 4) is 0 Å². The number of nitrogen functional groups attached to an aromatic ring is 1. The first kappa shape index (κ1) is 11.8. The Morgan fingerprint density at radius 1 is 1.22 bits per heavy atom. The number of ether oxygens (including phenoxy) is 1. The van der Waals surface area contributed by atoms with Crippen LogP contribution in [0.2, 0.25) is 0 Å². The van der Waals surface area contributed by atoms with E-state index in [2.05, 4.69) is 17.1 Å². The first-order chi connectivity index (χ1) is 8.83. The average Bonchev–Trinajstić information content (AvgIpc) is 2.41. The van der Waals surface area contributed by atoms with Gasteiger partial charge in [-0.1, -0.05) is 0 Å². The van der Waals surface area contributed by atoms with E-state index in [1.54, 1.807) is 6.20 Å². The summed E-state index contributed by atoms with van der Waals surface area (Å²) in [5.74, 6) is 0. The molecule has 0 radical (unpaired) electrons. The fraction of sp³-hybridized carbons (Fsp3) is 0.357. The first-order valence-corrected chi connectivity index (χ1v) is 7.09. The van der Waals surface area contributed by atoms with Crippen LogP contribution in [-0.2, 0) is 4.74 Å². The molecule has 3 rings (SSSR count). The van der Waals surface area contributed by atoms with Gasteiger partial charge in [0.1, 0.15) is 0 Å². The van der Waals surface area contributed by atoms with Crippen LogP contribution in [0.15, 0.2) is 35.4 Å². The van der Waals surface area contributed by atoms with Gasteiger partial charge in [-0.25, -0.2) is 0 Å². The molecular formula is C14H16N2OS. The molecule has 0 spiro atoms. The summed E-state index contributed by atoms with van der Waals surface area (Å²) < 4.78 is 5.38. The molecule has 0 saturated carbocycles. The zero-order chi connectivity index (χ0) is 12.4. The molecule has 2 N–H and O–H groups in total. The number of fused-ring (bicyclic) bond motifs is 1. The maximum absolute atomic E-state index is 5.99. The highest BCUT2D eigenvalue weighted by Gasteiger charge is 2.15. The summed E-state index contributed by atoms with van der Waals surface area (Å²) in [5.41, 5.74) is 7.75. The maximum Gasteiger partial charge on any atom is 0.0723 e. The molecule has 1 fully saturated rings. The van der Waals surface area contributed by atoms with Gasteiger partial charge in [0.2, 0.25) is 0 Å². The standard InChI is InChI=1S/C14H16N2OS/c15-13-3-6-16-14-2-1-11(9-12(13)14)18-10-4-7-17-8-5-10/h1-3,6,9-10H,4-5,7-8H2,(H2,15,16). The van der Waals surface area contributed by atoms with Crippen molar-refractivity contribution in [2.24, 2.45) is 0 Å². The normalized spacial score (nSPS) is 17.1. The minimum absolute atomic E-state index is 0.661. The molecule has 1 aromatic heterocycles. The minimum atomic E-state index is 0.661. The van der Waals surface area contributed by atoms with Crippen molar-refractivity contribution in [2.75, 3.05) is 18.9 Å². The van der Waals surface area contributed by atoms with Crippen molar-refractivity contribution in [3.05, 3.63) is 30.5 Å². The summed E-state index contributed by atoms with van der Waals surface area (Å²) in [6.45, 7) is 1.77. The Hall–Kier alpha value is -1.26. The Morgan fingerprint density at radius 3 is 2.89 bits per heavy atom. The van der Waals surface area contributed by atoms with Crippen LogP contribution >= 0.6 is 11.8 Å². The molecule has 3 nitrogen and oxygen atoms in total. The molecule has 1 aliphatic heterocycles. The third-order valence-corrected chi connectivity index (χ3v) is 4.55. The van der Waals surface area contributed by atoms with Crippen LogP contribution in [0.4, 0.5) is 5.69 Å². The number of nitrogens with zero attached hydrogens (tertiary/aromatic N) is 1. The Kier molecular flexibility index (Phi) is 3.39. The number of hydrogen-bond donors (Lipinski definition) is 1. The average molecular weight is 260 g/mol. The van der Waals surface area contributed by atoms with E-state index in [1.165, 1.54) is 4.90 Å². The van der Waals surface area contributed by atoms with Crippen molar-refractivity contribution in [1.82, 2.24) is 4.98 Å². The number of aromatic nitrogens is 1. The number of nitrogens with two attached hydrogens (primary N) is 1. The second kappa shape index (κ2) is 5.16. The second-order valence-electron chi connectivity index (χ2n) is 4.51. The Balaban J connectivity index is 1.86. The molecule has 4 heteroatoms. The van der Waals surface area contributed by atoms with Gasteiger partial charge in [-0.2, -0.15) is 0 Å². The van der Waals surface area contributed by atoms with E-state index in [0.717, 1.165) is 42.6 Å². The monoisotopic (exact) mass is 260 g/mol. The topological polar surface area (TPSA) is 48.1 Å². The van der Waals surface area contributed by atoms with E-state index in [0.29, 0.717) is 5.25 Å². The van der Waals surface area contributed by atoms with Gasteiger partial charge in [0.25, 0.3) is 0 Å². The van der Waals surface area contributed by atoms with Crippen molar-refractivity contribution in [3.63, 3.8) is 0 Å². The number of benzene rings is 1. The van der Waals surface area contributed by atoms with Gasteiger partial charge in [-0.15, -0.1) is 11.8 Å². The molecule has 1 aromatic carbocycles. The SMILES string of the molecule is Nc1ccnc2ccc(SC3CCOCC3)cc12. The van der Waals surface area contributed by atoms with E-state index >= 15 is 0 Å². The highest BCUT2D eigenvalue weighted by atomic mass is 32.2. The smallest absolute Gasteiger partial charge is 0.0723 e. The van der Waals surface area contributed by atoms with Gasteiger partial charge in [0, 0.05) is 40.6 Å². The van der Waals surface area contributed by atoms with Crippen molar-refractivity contribution >= 4 is 28.4 Å². The van der Waals surface area contributed by atoms with Crippen molar-refractivity contribution in [1.29, 1.82) is 0 Å². The summed E-state index contributed by atoms with van der Waals surface area (Å²) in [7, 11) is 0. The molecule has 0 amide bonds. The molecule has 0 bridgehead atoms. The summed E-state index contributed by atoms with van der Waals surface area (Å²) in [4.78, 5) is 5.59. The molecule has 1 aliphatic rings. The van der Waals surface area contributed by atoms with Crippen LogP contribution in [0.3, 0.4) is 0 Å². The minimum Gasteiger partial charge on any atom is -0.398 e. The zero-order valence-electron chi connectivity index (χ0n) is 10.1. The fourth-order valence-electron chi connectivity index (χ4n) is 2.21. The van der Waals surface area contributed by atoms with Gasteiger partial charge >= 0.3 is 0 Å². The molecule has 0 unspecified atom stereocenters. The number of thioether (sulfide) groups is 1. The lowest BCUT2D eigenvalue weighted by molar-refractivity contribution is 0.100. The fourth-order valence-corrected chi connectivity index (χ4v) is 3.35. The van der Waals surface area contributed by atoms with Crippen molar-refractivity contribution < 1.29 is 4.74 Å². The van der Waals surface area contributed by atoms with Crippen LogP contribution in [0.1, 0.15) is 12.8 Å². The quantitative estimate of drug-likeness (QED) is 0.901. The number of rotatable bonds is 2. The lowest BCUT2D eigenvalue weighted by atomic mass is 10.2. The molecule has 0 atom stereocenters. The van der Waals surface area contributed by atoms with Gasteiger partial charge in [-0.3, -0.25) is 4.98 Å². The van der Waals surface area contributed by atoms with Gasteiger partial charge in [0.05, 0.1) is 5.52 Å². The van der Waals surface area contributed by atoms with Crippen LogP contribution in [0.25, 0.3) is 10.9 Å². The van der Waals surface area contributed by atoms with E-state index in [-0.39, 0.29) is 0 Å². The number of anilines is 1.